The number of carboxylic acid groups (broad SMARTS) is 1. The molecule has 0 spiro atoms. The minimum atomic E-state index is -5.08. The molecular weight excluding hydrogens is 466 g/mol. The standard InChI is InChI=1S/C20H17Cl2N3.C2HF3O2/c1-25-11-17(16-8-15(21)9-19(22)18(16)12-25)13-3-2-4-14(7-13)20-10-23-5-6-24-20;3-2(4,5)1(6)7/h2-10,17H,11-12H2,1H3;(H,6,7)/t17-;/m0./s1. The third-order valence-corrected chi connectivity index (χ3v) is 5.44. The van der Waals surface area contributed by atoms with Gasteiger partial charge in [-0.25, -0.2) is 4.79 Å². The molecule has 0 aliphatic carbocycles. The molecule has 0 bridgehead atoms. The summed E-state index contributed by atoms with van der Waals surface area (Å²) >= 11 is 12.7. The zero-order valence-electron chi connectivity index (χ0n) is 16.8. The zero-order valence-corrected chi connectivity index (χ0v) is 18.3. The number of likely N-dealkylation sites (N-methyl/N-ethyl adjacent to an activating group) is 1. The van der Waals surface area contributed by atoms with Crippen molar-refractivity contribution in [2.24, 2.45) is 0 Å². The molecule has 3 aromatic rings. The summed E-state index contributed by atoms with van der Waals surface area (Å²) in [6.45, 7) is 1.76. The second-order valence-corrected chi connectivity index (χ2v) is 8.07. The molecule has 1 aliphatic rings. The van der Waals surface area contributed by atoms with Crippen LogP contribution in [0.2, 0.25) is 10.0 Å². The van der Waals surface area contributed by atoms with E-state index in [1.54, 1.807) is 18.6 Å². The number of carbonyl (C=O) groups is 1. The van der Waals surface area contributed by atoms with Crippen LogP contribution in [0.3, 0.4) is 0 Å². The van der Waals surface area contributed by atoms with Crippen molar-refractivity contribution in [2.75, 3.05) is 13.6 Å². The summed E-state index contributed by atoms with van der Waals surface area (Å²) in [4.78, 5) is 19.8. The molecule has 0 saturated carbocycles. The predicted octanol–water partition coefficient (Wildman–Crippen LogP) is 5.66. The van der Waals surface area contributed by atoms with E-state index in [2.05, 4.69) is 52.2 Å². The average Bonchev–Trinajstić information content (AvgIpc) is 2.74. The Balaban J connectivity index is 0.000000360. The van der Waals surface area contributed by atoms with Crippen LogP contribution >= 0.6 is 23.2 Å². The highest BCUT2D eigenvalue weighted by molar-refractivity contribution is 6.35. The van der Waals surface area contributed by atoms with Crippen LogP contribution in [-0.2, 0) is 11.3 Å². The van der Waals surface area contributed by atoms with Gasteiger partial charge in [0.2, 0.25) is 0 Å². The molecular formula is C22H18Cl2F3N3O2. The largest absolute Gasteiger partial charge is 0.490 e. The van der Waals surface area contributed by atoms with Gasteiger partial charge in [0.05, 0.1) is 11.9 Å². The number of hydrogen-bond acceptors (Lipinski definition) is 4. The molecule has 1 atom stereocenters. The maximum atomic E-state index is 10.6. The molecule has 0 fully saturated rings. The fourth-order valence-electron chi connectivity index (χ4n) is 3.49. The topological polar surface area (TPSA) is 66.3 Å². The Morgan fingerprint density at radius 1 is 1.19 bits per heavy atom. The molecule has 1 aromatic heterocycles. The summed E-state index contributed by atoms with van der Waals surface area (Å²) in [6, 6.07) is 12.4. The van der Waals surface area contributed by atoms with Crippen LogP contribution in [0.25, 0.3) is 11.3 Å². The Labute approximate surface area is 192 Å². The first kappa shape index (κ1) is 24.0. The monoisotopic (exact) mass is 483 g/mol. The van der Waals surface area contributed by atoms with Gasteiger partial charge in [0.15, 0.2) is 0 Å². The van der Waals surface area contributed by atoms with Crippen molar-refractivity contribution in [1.29, 1.82) is 0 Å². The van der Waals surface area contributed by atoms with Crippen LogP contribution in [0.1, 0.15) is 22.6 Å². The maximum Gasteiger partial charge on any atom is 0.490 e. The second kappa shape index (κ2) is 9.85. The molecule has 168 valence electrons. The molecule has 1 aliphatic heterocycles. The molecule has 0 radical (unpaired) electrons. The summed E-state index contributed by atoms with van der Waals surface area (Å²) in [6.07, 6.45) is 0.0999. The number of aliphatic carboxylic acids is 1. The Morgan fingerprint density at radius 2 is 1.91 bits per heavy atom. The van der Waals surface area contributed by atoms with E-state index in [1.165, 1.54) is 11.1 Å². The Kier molecular flexibility index (Phi) is 7.38. The molecule has 2 aromatic carbocycles. The fourth-order valence-corrected chi connectivity index (χ4v) is 4.06. The third-order valence-electron chi connectivity index (χ3n) is 4.88. The number of alkyl halides is 3. The highest BCUT2D eigenvalue weighted by Crippen LogP contribution is 2.39. The molecule has 0 amide bonds. The van der Waals surface area contributed by atoms with E-state index in [-0.39, 0.29) is 5.92 Å². The van der Waals surface area contributed by atoms with Gasteiger partial charge in [-0.2, -0.15) is 13.2 Å². The van der Waals surface area contributed by atoms with E-state index in [1.807, 2.05) is 6.07 Å². The van der Waals surface area contributed by atoms with Crippen LogP contribution in [0.5, 0.6) is 0 Å². The smallest absolute Gasteiger partial charge is 0.475 e. The van der Waals surface area contributed by atoms with Crippen molar-refractivity contribution in [2.45, 2.75) is 18.6 Å². The summed E-state index contributed by atoms with van der Waals surface area (Å²) in [7, 11) is 2.12. The van der Waals surface area contributed by atoms with Gasteiger partial charge in [-0.05, 0) is 41.9 Å². The van der Waals surface area contributed by atoms with E-state index in [9.17, 15) is 13.2 Å². The fraction of sp³-hybridized carbons (Fsp3) is 0.227. The van der Waals surface area contributed by atoms with Crippen molar-refractivity contribution >= 4 is 29.2 Å². The van der Waals surface area contributed by atoms with Gasteiger partial charge >= 0.3 is 12.1 Å². The molecule has 2 heterocycles. The highest BCUT2D eigenvalue weighted by Gasteiger charge is 2.38. The summed E-state index contributed by atoms with van der Waals surface area (Å²) in [5.41, 5.74) is 5.54. The van der Waals surface area contributed by atoms with Crippen molar-refractivity contribution < 1.29 is 23.1 Å². The van der Waals surface area contributed by atoms with Gasteiger partial charge in [-0.15, -0.1) is 0 Å². The molecule has 10 heteroatoms. The lowest BCUT2D eigenvalue weighted by atomic mass is 9.84. The maximum absolute atomic E-state index is 10.6. The Bertz CT molecular complexity index is 1110. The van der Waals surface area contributed by atoms with E-state index in [4.69, 9.17) is 33.1 Å². The van der Waals surface area contributed by atoms with Crippen molar-refractivity contribution in [3.8, 4) is 11.3 Å². The van der Waals surface area contributed by atoms with Crippen molar-refractivity contribution in [3.63, 3.8) is 0 Å². The van der Waals surface area contributed by atoms with Crippen LogP contribution in [0.15, 0.2) is 55.0 Å². The molecule has 32 heavy (non-hydrogen) atoms. The summed E-state index contributed by atoms with van der Waals surface area (Å²) in [5.74, 6) is -2.53. The molecule has 1 N–H and O–H groups in total. The third kappa shape index (κ3) is 5.76. The van der Waals surface area contributed by atoms with Crippen molar-refractivity contribution in [3.05, 3.63) is 81.7 Å². The minimum absolute atomic E-state index is 0.224. The van der Waals surface area contributed by atoms with Gasteiger partial charge in [-0.1, -0.05) is 41.4 Å². The number of nitrogens with zero attached hydrogens (tertiary/aromatic N) is 3. The van der Waals surface area contributed by atoms with Gasteiger partial charge in [0.1, 0.15) is 0 Å². The number of benzene rings is 2. The number of hydrogen-bond donors (Lipinski definition) is 1. The number of halogens is 5. The van der Waals surface area contributed by atoms with Gasteiger partial charge in [0.25, 0.3) is 0 Å². The van der Waals surface area contributed by atoms with E-state index in [0.29, 0.717) is 5.02 Å². The average molecular weight is 484 g/mol. The number of rotatable bonds is 2. The number of aromatic nitrogens is 2. The van der Waals surface area contributed by atoms with E-state index >= 15 is 0 Å². The highest BCUT2D eigenvalue weighted by atomic mass is 35.5. The molecule has 5 nitrogen and oxygen atoms in total. The van der Waals surface area contributed by atoms with Crippen LogP contribution in [0, 0.1) is 0 Å². The van der Waals surface area contributed by atoms with Crippen LogP contribution < -0.4 is 0 Å². The number of fused-ring (bicyclic) bond motifs is 1. The molecule has 0 unspecified atom stereocenters. The lowest BCUT2D eigenvalue weighted by Crippen LogP contribution is -2.31. The zero-order chi connectivity index (χ0) is 23.5. The van der Waals surface area contributed by atoms with Gasteiger partial charge < -0.3 is 10.0 Å². The first-order valence-corrected chi connectivity index (χ1v) is 10.1. The minimum Gasteiger partial charge on any atom is -0.475 e. The van der Waals surface area contributed by atoms with Gasteiger partial charge in [-0.3, -0.25) is 9.97 Å². The predicted molar refractivity (Wildman–Crippen MR) is 116 cm³/mol. The second-order valence-electron chi connectivity index (χ2n) is 7.22. The Hall–Kier alpha value is -2.68. The van der Waals surface area contributed by atoms with E-state index < -0.39 is 12.1 Å². The van der Waals surface area contributed by atoms with Crippen LogP contribution in [-0.4, -0.2) is 45.7 Å². The quantitative estimate of drug-likeness (QED) is 0.509. The summed E-state index contributed by atoms with van der Waals surface area (Å²) < 4.78 is 31.7. The summed E-state index contributed by atoms with van der Waals surface area (Å²) in [5, 5.41) is 8.55. The van der Waals surface area contributed by atoms with Crippen molar-refractivity contribution in [1.82, 2.24) is 14.9 Å². The Morgan fingerprint density at radius 3 is 2.53 bits per heavy atom. The van der Waals surface area contributed by atoms with E-state index in [0.717, 1.165) is 34.9 Å². The number of carboxylic acids is 1. The molecule has 4 rings (SSSR count). The molecule has 0 saturated heterocycles. The first-order valence-electron chi connectivity index (χ1n) is 9.39. The lowest BCUT2D eigenvalue weighted by molar-refractivity contribution is -0.192. The van der Waals surface area contributed by atoms with Gasteiger partial charge in [0, 0.05) is 47.0 Å². The lowest BCUT2D eigenvalue weighted by Gasteiger charge is -2.33. The first-order chi connectivity index (χ1) is 15.1. The SMILES string of the molecule is CN1Cc2c(Cl)cc(Cl)cc2[C@H](c2cccc(-c3cnccn3)c2)C1.O=C(O)C(F)(F)F. The van der Waals surface area contributed by atoms with Crippen LogP contribution in [0.4, 0.5) is 13.2 Å². The normalized spacial score (nSPS) is 16.0.